The standard InChI is InChI=1S/C12H21F3N2O/c1-11(2,3)17-4-9(5-17)16-6-10(7-16)18-8-12(13,14)15/h9-10H,4-8H2,1-3H3. The molecule has 18 heavy (non-hydrogen) atoms. The second-order valence-electron chi connectivity index (χ2n) is 6.23. The Balaban J connectivity index is 1.61. The van der Waals surface area contributed by atoms with Crippen LogP contribution in [0.5, 0.6) is 0 Å². The molecule has 0 aromatic rings. The lowest BCUT2D eigenvalue weighted by Gasteiger charge is -2.55. The van der Waals surface area contributed by atoms with Crippen molar-refractivity contribution in [3.8, 4) is 0 Å². The van der Waals surface area contributed by atoms with Gasteiger partial charge in [0.05, 0.1) is 6.10 Å². The fraction of sp³-hybridized carbons (Fsp3) is 1.00. The van der Waals surface area contributed by atoms with Crippen LogP contribution in [0.1, 0.15) is 20.8 Å². The summed E-state index contributed by atoms with van der Waals surface area (Å²) in [6, 6.07) is 0.495. The Bertz CT molecular complexity index is 289. The lowest BCUT2D eigenvalue weighted by Crippen LogP contribution is -2.70. The van der Waals surface area contributed by atoms with E-state index in [1.54, 1.807) is 0 Å². The third-order valence-electron chi connectivity index (χ3n) is 3.69. The van der Waals surface area contributed by atoms with Crippen LogP contribution in [0.15, 0.2) is 0 Å². The quantitative estimate of drug-likeness (QED) is 0.774. The maximum atomic E-state index is 11.9. The second-order valence-corrected chi connectivity index (χ2v) is 6.23. The molecule has 2 saturated heterocycles. The van der Waals surface area contributed by atoms with E-state index >= 15 is 0 Å². The minimum absolute atomic E-state index is 0.188. The Labute approximate surface area is 106 Å². The Kier molecular flexibility index (Phi) is 3.64. The summed E-state index contributed by atoms with van der Waals surface area (Å²) in [6.07, 6.45) is -4.45. The van der Waals surface area contributed by atoms with Crippen LogP contribution < -0.4 is 0 Å². The Hall–Kier alpha value is -0.330. The fourth-order valence-electron chi connectivity index (χ4n) is 2.32. The van der Waals surface area contributed by atoms with Crippen LogP contribution in [0, 0.1) is 0 Å². The largest absolute Gasteiger partial charge is 0.411 e. The first-order chi connectivity index (χ1) is 8.15. The zero-order valence-electron chi connectivity index (χ0n) is 11.1. The Morgan fingerprint density at radius 2 is 1.61 bits per heavy atom. The van der Waals surface area contributed by atoms with Gasteiger partial charge in [-0.15, -0.1) is 0 Å². The number of hydrogen-bond acceptors (Lipinski definition) is 3. The highest BCUT2D eigenvalue weighted by atomic mass is 19.4. The van der Waals surface area contributed by atoms with E-state index in [4.69, 9.17) is 4.74 Å². The van der Waals surface area contributed by atoms with Crippen molar-refractivity contribution in [1.29, 1.82) is 0 Å². The van der Waals surface area contributed by atoms with Gasteiger partial charge in [-0.3, -0.25) is 9.80 Å². The van der Waals surface area contributed by atoms with Gasteiger partial charge in [-0.2, -0.15) is 13.2 Å². The van der Waals surface area contributed by atoms with Crippen molar-refractivity contribution in [1.82, 2.24) is 9.80 Å². The van der Waals surface area contributed by atoms with Crippen LogP contribution in [0.3, 0.4) is 0 Å². The number of halogens is 3. The number of likely N-dealkylation sites (tertiary alicyclic amines) is 2. The first kappa shape index (κ1) is 14.1. The van der Waals surface area contributed by atoms with Gasteiger partial charge in [0.2, 0.25) is 0 Å². The highest BCUT2D eigenvalue weighted by Gasteiger charge is 2.43. The smallest absolute Gasteiger partial charge is 0.366 e. The van der Waals surface area contributed by atoms with E-state index in [0.29, 0.717) is 19.1 Å². The molecule has 106 valence electrons. The van der Waals surface area contributed by atoms with Gasteiger partial charge in [-0.1, -0.05) is 0 Å². The van der Waals surface area contributed by atoms with Crippen molar-refractivity contribution in [3.63, 3.8) is 0 Å². The lowest BCUT2D eigenvalue weighted by molar-refractivity contribution is -0.205. The molecular weight excluding hydrogens is 245 g/mol. The van der Waals surface area contributed by atoms with Crippen LogP contribution in [0.2, 0.25) is 0 Å². The molecule has 2 aliphatic heterocycles. The summed E-state index contributed by atoms with van der Waals surface area (Å²) in [5.41, 5.74) is 0.188. The topological polar surface area (TPSA) is 15.7 Å². The molecule has 0 unspecified atom stereocenters. The van der Waals surface area contributed by atoms with Gasteiger partial charge in [0.15, 0.2) is 0 Å². The monoisotopic (exact) mass is 266 g/mol. The number of alkyl halides is 3. The van der Waals surface area contributed by atoms with E-state index in [9.17, 15) is 13.2 Å². The highest BCUT2D eigenvalue weighted by molar-refractivity contribution is 4.98. The van der Waals surface area contributed by atoms with Gasteiger partial charge < -0.3 is 4.74 Å². The molecule has 0 aromatic carbocycles. The van der Waals surface area contributed by atoms with E-state index < -0.39 is 12.8 Å². The maximum Gasteiger partial charge on any atom is 0.411 e. The van der Waals surface area contributed by atoms with Gasteiger partial charge in [0, 0.05) is 37.8 Å². The molecule has 2 fully saturated rings. The van der Waals surface area contributed by atoms with Gasteiger partial charge >= 0.3 is 6.18 Å². The summed E-state index contributed by atoms with van der Waals surface area (Å²) < 4.78 is 40.6. The molecule has 0 bridgehead atoms. The minimum Gasteiger partial charge on any atom is -0.366 e. The maximum absolute atomic E-state index is 11.9. The van der Waals surface area contributed by atoms with Gasteiger partial charge in [-0.25, -0.2) is 0 Å². The third-order valence-corrected chi connectivity index (χ3v) is 3.69. The molecular formula is C12H21F3N2O. The average molecular weight is 266 g/mol. The summed E-state index contributed by atoms with van der Waals surface area (Å²) >= 11 is 0. The SMILES string of the molecule is CC(C)(C)N1CC(N2CC(OCC(F)(F)F)C2)C1. The van der Waals surface area contributed by atoms with Gasteiger partial charge in [0.25, 0.3) is 0 Å². The van der Waals surface area contributed by atoms with Crippen LogP contribution in [-0.4, -0.2) is 66.4 Å². The highest BCUT2D eigenvalue weighted by Crippen LogP contribution is 2.28. The zero-order chi connectivity index (χ0) is 13.6. The van der Waals surface area contributed by atoms with E-state index in [1.807, 2.05) is 0 Å². The lowest BCUT2D eigenvalue weighted by atomic mass is 9.94. The second kappa shape index (κ2) is 4.65. The fourth-order valence-corrected chi connectivity index (χ4v) is 2.32. The number of hydrogen-bond donors (Lipinski definition) is 0. The average Bonchev–Trinajstić information content (AvgIpc) is 1.99. The summed E-state index contributed by atoms with van der Waals surface area (Å²) in [4.78, 5) is 4.59. The van der Waals surface area contributed by atoms with Crippen LogP contribution in [-0.2, 0) is 4.74 Å². The first-order valence-electron chi connectivity index (χ1n) is 6.32. The molecule has 2 rings (SSSR count). The minimum atomic E-state index is -4.21. The summed E-state index contributed by atoms with van der Waals surface area (Å²) in [5.74, 6) is 0. The predicted octanol–water partition coefficient (Wildman–Crippen LogP) is 1.73. The molecule has 0 spiro atoms. The van der Waals surface area contributed by atoms with E-state index in [1.165, 1.54) is 0 Å². The summed E-state index contributed by atoms with van der Waals surface area (Å²) in [6.45, 7) is 8.70. The zero-order valence-corrected chi connectivity index (χ0v) is 11.1. The van der Waals surface area contributed by atoms with Crippen molar-refractivity contribution in [2.24, 2.45) is 0 Å². The molecule has 0 amide bonds. The molecule has 6 heteroatoms. The molecule has 0 atom stereocenters. The van der Waals surface area contributed by atoms with Crippen molar-refractivity contribution >= 4 is 0 Å². The van der Waals surface area contributed by atoms with E-state index in [2.05, 4.69) is 30.6 Å². The van der Waals surface area contributed by atoms with Crippen molar-refractivity contribution in [2.75, 3.05) is 32.8 Å². The molecule has 0 aromatic heterocycles. The van der Waals surface area contributed by atoms with E-state index in [-0.39, 0.29) is 11.6 Å². The van der Waals surface area contributed by atoms with Crippen molar-refractivity contribution in [3.05, 3.63) is 0 Å². The van der Waals surface area contributed by atoms with Gasteiger partial charge in [-0.05, 0) is 20.8 Å². The Morgan fingerprint density at radius 3 is 2.06 bits per heavy atom. The normalized spacial score (nSPS) is 25.0. The Morgan fingerprint density at radius 1 is 1.06 bits per heavy atom. The van der Waals surface area contributed by atoms with Crippen LogP contribution >= 0.6 is 0 Å². The van der Waals surface area contributed by atoms with Gasteiger partial charge in [0.1, 0.15) is 6.61 Å². The molecule has 3 nitrogen and oxygen atoms in total. The summed E-state index contributed by atoms with van der Waals surface area (Å²) in [7, 11) is 0. The first-order valence-corrected chi connectivity index (χ1v) is 6.32. The van der Waals surface area contributed by atoms with Crippen molar-refractivity contribution in [2.45, 2.75) is 44.6 Å². The molecule has 0 radical (unpaired) electrons. The number of ether oxygens (including phenoxy) is 1. The van der Waals surface area contributed by atoms with E-state index in [0.717, 1.165) is 13.1 Å². The summed E-state index contributed by atoms with van der Waals surface area (Å²) in [5, 5.41) is 0. The molecule has 0 saturated carbocycles. The third kappa shape index (κ3) is 3.36. The van der Waals surface area contributed by atoms with Crippen molar-refractivity contribution < 1.29 is 17.9 Å². The number of rotatable bonds is 3. The molecule has 2 aliphatic rings. The predicted molar refractivity (Wildman–Crippen MR) is 62.5 cm³/mol. The van der Waals surface area contributed by atoms with Crippen LogP contribution in [0.25, 0.3) is 0 Å². The molecule has 2 heterocycles. The number of nitrogens with zero attached hydrogens (tertiary/aromatic N) is 2. The molecule has 0 aliphatic carbocycles. The van der Waals surface area contributed by atoms with Crippen LogP contribution in [0.4, 0.5) is 13.2 Å². The molecule has 0 N–H and O–H groups in total.